The molecule has 0 saturated heterocycles. The Balaban J connectivity index is 1.52. The molecule has 0 fully saturated rings. The van der Waals surface area contributed by atoms with E-state index in [0.29, 0.717) is 30.3 Å². The molecule has 33 heavy (non-hydrogen) atoms. The van der Waals surface area contributed by atoms with Gasteiger partial charge >= 0.3 is 6.09 Å². The molecule has 0 spiro atoms. The molecule has 3 aromatic rings. The molecule has 0 unspecified atom stereocenters. The molecule has 7 nitrogen and oxygen atoms in total. The van der Waals surface area contributed by atoms with Gasteiger partial charge in [-0.15, -0.1) is 0 Å². The lowest BCUT2D eigenvalue weighted by Crippen LogP contribution is -2.33. The minimum absolute atomic E-state index is 0.136. The number of aryl methyl sites for hydroxylation is 2. The Morgan fingerprint density at radius 2 is 1.85 bits per heavy atom. The van der Waals surface area contributed by atoms with Crippen LogP contribution in [0.4, 0.5) is 10.5 Å². The molecule has 0 atom stereocenters. The van der Waals surface area contributed by atoms with E-state index in [0.717, 1.165) is 11.1 Å². The van der Waals surface area contributed by atoms with Gasteiger partial charge < -0.3 is 19.4 Å². The first-order valence-corrected chi connectivity index (χ1v) is 10.9. The molecule has 2 aromatic carbocycles. The fourth-order valence-electron chi connectivity index (χ4n) is 3.15. The van der Waals surface area contributed by atoms with E-state index in [9.17, 15) is 9.59 Å². The second kappa shape index (κ2) is 10.3. The zero-order valence-electron chi connectivity index (χ0n) is 19.8. The van der Waals surface area contributed by atoms with Crippen LogP contribution < -0.4 is 5.32 Å². The highest BCUT2D eigenvalue weighted by Crippen LogP contribution is 2.21. The molecule has 174 valence electrons. The molecule has 0 bridgehead atoms. The van der Waals surface area contributed by atoms with Crippen LogP contribution >= 0.6 is 0 Å². The molecule has 2 amide bonds. The quantitative estimate of drug-likeness (QED) is 0.508. The SMILES string of the molecule is Cc1ccc(-c2cnc(CCC(=O)Nc3cccc(CN(C)C(=O)OC(C)(C)C)c3)o2)cc1. The van der Waals surface area contributed by atoms with Gasteiger partial charge in [-0.25, -0.2) is 9.78 Å². The van der Waals surface area contributed by atoms with Gasteiger partial charge in [0.15, 0.2) is 11.7 Å². The largest absolute Gasteiger partial charge is 0.444 e. The van der Waals surface area contributed by atoms with Crippen LogP contribution in [-0.2, 0) is 22.5 Å². The lowest BCUT2D eigenvalue weighted by Gasteiger charge is -2.24. The summed E-state index contributed by atoms with van der Waals surface area (Å²) in [6.45, 7) is 7.89. The molecule has 0 saturated carbocycles. The number of hydrogen-bond donors (Lipinski definition) is 1. The van der Waals surface area contributed by atoms with E-state index in [2.05, 4.69) is 10.3 Å². The van der Waals surface area contributed by atoms with E-state index in [-0.39, 0.29) is 12.3 Å². The van der Waals surface area contributed by atoms with Crippen molar-refractivity contribution >= 4 is 17.7 Å². The van der Waals surface area contributed by atoms with Crippen molar-refractivity contribution in [3.8, 4) is 11.3 Å². The van der Waals surface area contributed by atoms with Crippen molar-refractivity contribution in [1.82, 2.24) is 9.88 Å². The normalized spacial score (nSPS) is 11.2. The van der Waals surface area contributed by atoms with Crippen molar-refractivity contribution in [2.75, 3.05) is 12.4 Å². The van der Waals surface area contributed by atoms with E-state index in [1.807, 2.05) is 76.2 Å². The first-order valence-electron chi connectivity index (χ1n) is 10.9. The van der Waals surface area contributed by atoms with Gasteiger partial charge in [0, 0.05) is 37.7 Å². The van der Waals surface area contributed by atoms with E-state index < -0.39 is 11.7 Å². The highest BCUT2D eigenvalue weighted by Gasteiger charge is 2.19. The van der Waals surface area contributed by atoms with Gasteiger partial charge in [-0.2, -0.15) is 0 Å². The van der Waals surface area contributed by atoms with Crippen LogP contribution in [0.25, 0.3) is 11.3 Å². The maximum absolute atomic E-state index is 12.4. The predicted octanol–water partition coefficient (Wildman–Crippen LogP) is 5.59. The fourth-order valence-corrected chi connectivity index (χ4v) is 3.15. The predicted molar refractivity (Wildman–Crippen MR) is 128 cm³/mol. The summed E-state index contributed by atoms with van der Waals surface area (Å²) < 4.78 is 11.2. The molecular formula is C26H31N3O4. The Kier molecular flexibility index (Phi) is 7.53. The summed E-state index contributed by atoms with van der Waals surface area (Å²) >= 11 is 0. The first kappa shape index (κ1) is 24.0. The molecule has 1 N–H and O–H groups in total. The van der Waals surface area contributed by atoms with Gasteiger partial charge in [0.2, 0.25) is 5.91 Å². The summed E-state index contributed by atoms with van der Waals surface area (Å²) in [5.74, 6) is 1.07. The second-order valence-electron chi connectivity index (χ2n) is 9.07. The molecule has 1 aromatic heterocycles. The van der Waals surface area contributed by atoms with Crippen LogP contribution in [0.2, 0.25) is 0 Å². The number of nitrogens with zero attached hydrogens (tertiary/aromatic N) is 2. The number of carbonyl (C=O) groups is 2. The number of benzene rings is 2. The third-order valence-corrected chi connectivity index (χ3v) is 4.79. The van der Waals surface area contributed by atoms with Crippen molar-refractivity contribution in [3.05, 3.63) is 71.7 Å². The van der Waals surface area contributed by atoms with Crippen LogP contribution in [0.15, 0.2) is 59.1 Å². The second-order valence-corrected chi connectivity index (χ2v) is 9.07. The molecule has 7 heteroatoms. The standard InChI is InChI=1S/C26H31N3O4/c1-18-9-11-20(12-10-18)22-16-27-24(32-22)14-13-23(30)28-21-8-6-7-19(15-21)17-29(5)25(31)33-26(2,3)4/h6-12,15-16H,13-14,17H2,1-5H3,(H,28,30). The number of amides is 2. The van der Waals surface area contributed by atoms with Crippen LogP contribution in [0.1, 0.15) is 44.2 Å². The molecule has 0 radical (unpaired) electrons. The Bertz CT molecular complexity index is 1100. The Labute approximate surface area is 194 Å². The van der Waals surface area contributed by atoms with Gasteiger partial charge in [-0.3, -0.25) is 4.79 Å². The smallest absolute Gasteiger partial charge is 0.410 e. The maximum Gasteiger partial charge on any atom is 0.410 e. The van der Waals surface area contributed by atoms with Crippen LogP contribution in [-0.4, -0.2) is 34.5 Å². The number of hydrogen-bond acceptors (Lipinski definition) is 5. The fraction of sp³-hybridized carbons (Fsp3) is 0.346. The Hall–Kier alpha value is -3.61. The van der Waals surface area contributed by atoms with Gasteiger partial charge in [0.05, 0.1) is 6.20 Å². The summed E-state index contributed by atoms with van der Waals surface area (Å²) in [4.78, 5) is 30.4. The lowest BCUT2D eigenvalue weighted by molar-refractivity contribution is -0.116. The first-order chi connectivity index (χ1) is 15.6. The van der Waals surface area contributed by atoms with E-state index in [1.165, 1.54) is 10.5 Å². The highest BCUT2D eigenvalue weighted by atomic mass is 16.6. The average molecular weight is 450 g/mol. The zero-order chi connectivity index (χ0) is 24.0. The molecule has 0 aliphatic carbocycles. The van der Waals surface area contributed by atoms with Crippen molar-refractivity contribution in [1.29, 1.82) is 0 Å². The number of nitrogens with one attached hydrogen (secondary N) is 1. The number of anilines is 1. The van der Waals surface area contributed by atoms with Gasteiger partial charge in [0.25, 0.3) is 0 Å². The summed E-state index contributed by atoms with van der Waals surface area (Å²) in [5, 5.41) is 2.89. The lowest BCUT2D eigenvalue weighted by atomic mass is 10.1. The monoisotopic (exact) mass is 449 g/mol. The number of rotatable bonds is 7. The van der Waals surface area contributed by atoms with Gasteiger partial charge in [-0.1, -0.05) is 42.0 Å². The molecule has 1 heterocycles. The van der Waals surface area contributed by atoms with E-state index in [4.69, 9.17) is 9.15 Å². The highest BCUT2D eigenvalue weighted by molar-refractivity contribution is 5.90. The number of carbonyl (C=O) groups excluding carboxylic acids is 2. The zero-order valence-corrected chi connectivity index (χ0v) is 19.8. The summed E-state index contributed by atoms with van der Waals surface area (Å²) in [6.07, 6.45) is 1.94. The molecule has 3 rings (SSSR count). The summed E-state index contributed by atoms with van der Waals surface area (Å²) in [5.41, 5.74) is 3.14. The average Bonchev–Trinajstić information content (AvgIpc) is 3.21. The van der Waals surface area contributed by atoms with Crippen LogP contribution in [0.3, 0.4) is 0 Å². The van der Waals surface area contributed by atoms with Crippen LogP contribution in [0.5, 0.6) is 0 Å². The Morgan fingerprint density at radius 1 is 1.12 bits per heavy atom. The number of ether oxygens (including phenoxy) is 1. The van der Waals surface area contributed by atoms with Crippen molar-refractivity contribution in [2.45, 2.75) is 52.7 Å². The van der Waals surface area contributed by atoms with Crippen molar-refractivity contribution in [3.63, 3.8) is 0 Å². The minimum atomic E-state index is -0.551. The summed E-state index contributed by atoms with van der Waals surface area (Å²) in [7, 11) is 1.68. The number of oxazole rings is 1. The van der Waals surface area contributed by atoms with Crippen molar-refractivity contribution < 1.29 is 18.7 Å². The third-order valence-electron chi connectivity index (χ3n) is 4.79. The summed E-state index contributed by atoms with van der Waals surface area (Å²) in [6, 6.07) is 15.4. The van der Waals surface area contributed by atoms with Crippen LogP contribution in [0, 0.1) is 6.92 Å². The van der Waals surface area contributed by atoms with E-state index in [1.54, 1.807) is 13.2 Å². The third kappa shape index (κ3) is 7.49. The minimum Gasteiger partial charge on any atom is -0.444 e. The maximum atomic E-state index is 12.4. The topological polar surface area (TPSA) is 84.7 Å². The molecular weight excluding hydrogens is 418 g/mol. The molecule has 0 aliphatic rings. The van der Waals surface area contributed by atoms with Gasteiger partial charge in [0.1, 0.15) is 5.60 Å². The van der Waals surface area contributed by atoms with Gasteiger partial charge in [-0.05, 0) is 45.4 Å². The van der Waals surface area contributed by atoms with Crippen molar-refractivity contribution in [2.24, 2.45) is 0 Å². The Morgan fingerprint density at radius 3 is 2.55 bits per heavy atom. The molecule has 0 aliphatic heterocycles. The number of aromatic nitrogens is 1. The van der Waals surface area contributed by atoms with E-state index >= 15 is 0 Å².